The topological polar surface area (TPSA) is 80.9 Å². The van der Waals surface area contributed by atoms with Crippen molar-refractivity contribution in [3.05, 3.63) is 66.0 Å². The summed E-state index contributed by atoms with van der Waals surface area (Å²) in [4.78, 5) is 19.9. The molecule has 0 saturated heterocycles. The molecule has 6 nitrogen and oxygen atoms in total. The molecule has 1 N–H and O–H groups in total. The smallest absolute Gasteiger partial charge is 0.260 e. The SMILES string of the molecule is O=C(CCc1ccncc1)NCc1noc(-c2ccccc2F)n1. The molecule has 0 atom stereocenters. The zero-order chi connectivity index (χ0) is 16.8. The first kappa shape index (κ1) is 15.8. The van der Waals surface area contributed by atoms with Crippen molar-refractivity contribution in [3.63, 3.8) is 0 Å². The van der Waals surface area contributed by atoms with Crippen LogP contribution in [0.3, 0.4) is 0 Å². The van der Waals surface area contributed by atoms with Gasteiger partial charge in [-0.3, -0.25) is 9.78 Å². The monoisotopic (exact) mass is 326 g/mol. The number of nitrogens with zero attached hydrogens (tertiary/aromatic N) is 3. The van der Waals surface area contributed by atoms with Gasteiger partial charge >= 0.3 is 0 Å². The number of hydrogen-bond donors (Lipinski definition) is 1. The van der Waals surface area contributed by atoms with E-state index in [4.69, 9.17) is 4.52 Å². The fourth-order valence-corrected chi connectivity index (χ4v) is 2.14. The highest BCUT2D eigenvalue weighted by molar-refractivity contribution is 5.76. The Morgan fingerprint density at radius 1 is 1.17 bits per heavy atom. The number of benzene rings is 1. The zero-order valence-corrected chi connectivity index (χ0v) is 12.8. The maximum Gasteiger partial charge on any atom is 0.260 e. The molecule has 2 aromatic heterocycles. The van der Waals surface area contributed by atoms with Crippen LogP contribution in [0.4, 0.5) is 4.39 Å². The Hall–Kier alpha value is -3.09. The number of halogens is 1. The third-order valence-corrected chi connectivity index (χ3v) is 3.41. The van der Waals surface area contributed by atoms with Crippen LogP contribution >= 0.6 is 0 Å². The van der Waals surface area contributed by atoms with Crippen molar-refractivity contribution in [3.8, 4) is 11.5 Å². The average Bonchev–Trinajstić information content (AvgIpc) is 3.08. The van der Waals surface area contributed by atoms with E-state index in [1.54, 1.807) is 30.6 Å². The first-order valence-electron chi connectivity index (χ1n) is 7.45. The number of carbonyl (C=O) groups excluding carboxylic acids is 1. The molecule has 0 unspecified atom stereocenters. The maximum atomic E-state index is 13.7. The molecule has 0 bridgehead atoms. The van der Waals surface area contributed by atoms with Crippen LogP contribution in [0, 0.1) is 5.82 Å². The first-order valence-corrected chi connectivity index (χ1v) is 7.45. The Morgan fingerprint density at radius 3 is 2.75 bits per heavy atom. The summed E-state index contributed by atoms with van der Waals surface area (Å²) in [5.74, 6) is -0.169. The predicted molar refractivity (Wildman–Crippen MR) is 84.1 cm³/mol. The lowest BCUT2D eigenvalue weighted by Crippen LogP contribution is -2.23. The number of hydrogen-bond acceptors (Lipinski definition) is 5. The number of nitrogens with one attached hydrogen (secondary N) is 1. The largest absolute Gasteiger partial charge is 0.349 e. The van der Waals surface area contributed by atoms with E-state index in [9.17, 15) is 9.18 Å². The van der Waals surface area contributed by atoms with E-state index in [1.807, 2.05) is 12.1 Å². The molecule has 1 aromatic carbocycles. The summed E-state index contributed by atoms with van der Waals surface area (Å²) in [6.45, 7) is 0.132. The van der Waals surface area contributed by atoms with Gasteiger partial charge in [-0.05, 0) is 36.2 Å². The molecule has 0 saturated carbocycles. The molecule has 0 aliphatic carbocycles. The summed E-state index contributed by atoms with van der Waals surface area (Å²) < 4.78 is 18.7. The van der Waals surface area contributed by atoms with E-state index in [-0.39, 0.29) is 23.9 Å². The second-order valence-electron chi connectivity index (χ2n) is 5.13. The van der Waals surface area contributed by atoms with Crippen LogP contribution in [-0.4, -0.2) is 21.0 Å². The molecule has 0 radical (unpaired) electrons. The molecular formula is C17H15FN4O2. The van der Waals surface area contributed by atoms with Crippen LogP contribution in [0.25, 0.3) is 11.5 Å². The lowest BCUT2D eigenvalue weighted by Gasteiger charge is -2.02. The molecular weight excluding hydrogens is 311 g/mol. The minimum absolute atomic E-state index is 0.0918. The molecule has 0 fully saturated rings. The molecule has 3 rings (SSSR count). The maximum absolute atomic E-state index is 13.7. The molecule has 0 aliphatic heterocycles. The van der Waals surface area contributed by atoms with Gasteiger partial charge in [0.05, 0.1) is 12.1 Å². The van der Waals surface area contributed by atoms with Gasteiger partial charge in [0.2, 0.25) is 5.91 Å². The Morgan fingerprint density at radius 2 is 1.96 bits per heavy atom. The van der Waals surface area contributed by atoms with Crippen molar-refractivity contribution in [2.24, 2.45) is 0 Å². The number of carbonyl (C=O) groups is 1. The zero-order valence-electron chi connectivity index (χ0n) is 12.8. The van der Waals surface area contributed by atoms with Crippen molar-refractivity contribution >= 4 is 5.91 Å². The van der Waals surface area contributed by atoms with Crippen LogP contribution in [0.2, 0.25) is 0 Å². The Labute approximate surface area is 137 Å². The van der Waals surface area contributed by atoms with E-state index < -0.39 is 5.82 Å². The van der Waals surface area contributed by atoms with Crippen molar-refractivity contribution in [1.82, 2.24) is 20.4 Å². The Kier molecular flexibility index (Phi) is 4.90. The normalized spacial score (nSPS) is 10.5. The Bertz CT molecular complexity index is 820. The van der Waals surface area contributed by atoms with Gasteiger partial charge in [-0.1, -0.05) is 17.3 Å². The van der Waals surface area contributed by atoms with Crippen LogP contribution in [-0.2, 0) is 17.8 Å². The van der Waals surface area contributed by atoms with Crippen LogP contribution in [0.5, 0.6) is 0 Å². The van der Waals surface area contributed by atoms with Gasteiger partial charge in [0.25, 0.3) is 5.89 Å². The lowest BCUT2D eigenvalue weighted by molar-refractivity contribution is -0.121. The minimum Gasteiger partial charge on any atom is -0.349 e. The van der Waals surface area contributed by atoms with E-state index in [0.29, 0.717) is 18.7 Å². The predicted octanol–water partition coefficient (Wildman–Crippen LogP) is 2.52. The summed E-state index contributed by atoms with van der Waals surface area (Å²) in [6, 6.07) is 9.88. The summed E-state index contributed by atoms with van der Waals surface area (Å²) in [5, 5.41) is 6.46. The third-order valence-electron chi connectivity index (χ3n) is 3.41. The van der Waals surface area contributed by atoms with E-state index in [0.717, 1.165) is 5.56 Å². The highest BCUT2D eigenvalue weighted by Crippen LogP contribution is 2.20. The quantitative estimate of drug-likeness (QED) is 0.753. The third kappa shape index (κ3) is 4.01. The minimum atomic E-state index is -0.436. The van der Waals surface area contributed by atoms with Gasteiger partial charge < -0.3 is 9.84 Å². The number of pyridine rings is 1. The number of rotatable bonds is 6. The fraction of sp³-hybridized carbons (Fsp3) is 0.176. The molecule has 24 heavy (non-hydrogen) atoms. The van der Waals surface area contributed by atoms with Crippen molar-refractivity contribution in [2.75, 3.05) is 0 Å². The fourth-order valence-electron chi connectivity index (χ4n) is 2.14. The van der Waals surface area contributed by atoms with Crippen molar-refractivity contribution in [1.29, 1.82) is 0 Å². The summed E-state index contributed by atoms with van der Waals surface area (Å²) in [5.41, 5.74) is 1.28. The van der Waals surface area contributed by atoms with E-state index in [2.05, 4.69) is 20.4 Å². The number of aryl methyl sites for hydroxylation is 1. The van der Waals surface area contributed by atoms with Gasteiger partial charge in [0.15, 0.2) is 5.82 Å². The number of aromatic nitrogens is 3. The first-order chi connectivity index (χ1) is 11.7. The van der Waals surface area contributed by atoms with Gasteiger partial charge in [0, 0.05) is 18.8 Å². The molecule has 2 heterocycles. The second-order valence-corrected chi connectivity index (χ2v) is 5.13. The van der Waals surface area contributed by atoms with Gasteiger partial charge in [-0.25, -0.2) is 4.39 Å². The van der Waals surface area contributed by atoms with E-state index >= 15 is 0 Å². The standard InChI is InChI=1S/C17H15FN4O2/c18-14-4-2-1-3-13(14)17-21-15(22-24-17)11-20-16(23)6-5-12-7-9-19-10-8-12/h1-4,7-10H,5-6,11H2,(H,20,23). The summed E-state index contributed by atoms with van der Waals surface area (Å²) in [6.07, 6.45) is 4.36. The lowest BCUT2D eigenvalue weighted by atomic mass is 10.1. The molecule has 7 heteroatoms. The van der Waals surface area contributed by atoms with Gasteiger partial charge in [-0.15, -0.1) is 0 Å². The highest BCUT2D eigenvalue weighted by Gasteiger charge is 2.13. The van der Waals surface area contributed by atoms with E-state index in [1.165, 1.54) is 6.07 Å². The van der Waals surface area contributed by atoms with Crippen molar-refractivity contribution < 1.29 is 13.7 Å². The molecule has 3 aromatic rings. The molecule has 122 valence electrons. The van der Waals surface area contributed by atoms with Crippen LogP contribution < -0.4 is 5.32 Å². The summed E-state index contributed by atoms with van der Waals surface area (Å²) in [7, 11) is 0. The van der Waals surface area contributed by atoms with Crippen molar-refractivity contribution in [2.45, 2.75) is 19.4 Å². The molecule has 0 spiro atoms. The van der Waals surface area contributed by atoms with Gasteiger partial charge in [-0.2, -0.15) is 4.98 Å². The second kappa shape index (κ2) is 7.45. The molecule has 1 amide bonds. The highest BCUT2D eigenvalue weighted by atomic mass is 19.1. The average molecular weight is 326 g/mol. The summed E-state index contributed by atoms with van der Waals surface area (Å²) >= 11 is 0. The Balaban J connectivity index is 1.52. The van der Waals surface area contributed by atoms with Gasteiger partial charge in [0.1, 0.15) is 5.82 Å². The van der Waals surface area contributed by atoms with Crippen LogP contribution in [0.15, 0.2) is 53.3 Å². The van der Waals surface area contributed by atoms with Crippen LogP contribution in [0.1, 0.15) is 17.8 Å². The number of amides is 1. The molecule has 0 aliphatic rings.